The SMILES string of the molecule is CCCCOc1nccc2c1C(c1ccccc1C(F)(F)F)C(C(=O)O)=C(C)N2. The Kier molecular flexibility index (Phi) is 5.81. The zero-order valence-corrected chi connectivity index (χ0v) is 16.0. The van der Waals surface area contributed by atoms with Crippen LogP contribution in [-0.2, 0) is 11.0 Å². The van der Waals surface area contributed by atoms with Gasteiger partial charge in [0.1, 0.15) is 0 Å². The number of aliphatic carboxylic acids is 1. The summed E-state index contributed by atoms with van der Waals surface area (Å²) >= 11 is 0. The molecule has 0 bridgehead atoms. The highest BCUT2D eigenvalue weighted by Gasteiger charge is 2.41. The summed E-state index contributed by atoms with van der Waals surface area (Å²) in [7, 11) is 0. The number of benzene rings is 1. The first-order valence-corrected chi connectivity index (χ1v) is 9.24. The Labute approximate surface area is 166 Å². The van der Waals surface area contributed by atoms with Gasteiger partial charge in [0.2, 0.25) is 5.88 Å². The van der Waals surface area contributed by atoms with Gasteiger partial charge >= 0.3 is 12.1 Å². The predicted molar refractivity (Wildman–Crippen MR) is 102 cm³/mol. The number of unbranched alkanes of at least 4 members (excludes halogenated alkanes) is 1. The van der Waals surface area contributed by atoms with Gasteiger partial charge in [-0.1, -0.05) is 31.5 Å². The van der Waals surface area contributed by atoms with Crippen LogP contribution < -0.4 is 10.1 Å². The Morgan fingerprint density at radius 3 is 2.66 bits per heavy atom. The van der Waals surface area contributed by atoms with Gasteiger partial charge in [-0.3, -0.25) is 0 Å². The average Bonchev–Trinajstić information content (AvgIpc) is 2.66. The summed E-state index contributed by atoms with van der Waals surface area (Å²) in [5.41, 5.74) is -0.139. The maximum Gasteiger partial charge on any atom is 0.416 e. The quantitative estimate of drug-likeness (QED) is 0.646. The molecule has 1 aliphatic rings. The Bertz CT molecular complexity index is 954. The van der Waals surface area contributed by atoms with Crippen molar-refractivity contribution in [3.05, 3.63) is 64.5 Å². The van der Waals surface area contributed by atoms with Crippen LogP contribution in [-0.4, -0.2) is 22.7 Å². The number of anilines is 1. The number of alkyl halides is 3. The van der Waals surface area contributed by atoms with E-state index in [4.69, 9.17) is 4.74 Å². The molecule has 0 fully saturated rings. The van der Waals surface area contributed by atoms with Crippen LogP contribution in [0.25, 0.3) is 0 Å². The van der Waals surface area contributed by atoms with Gasteiger partial charge in [-0.25, -0.2) is 9.78 Å². The first kappa shape index (κ1) is 20.7. The smallest absolute Gasteiger partial charge is 0.416 e. The van der Waals surface area contributed by atoms with Crippen molar-refractivity contribution in [2.24, 2.45) is 0 Å². The van der Waals surface area contributed by atoms with Gasteiger partial charge in [-0.2, -0.15) is 13.2 Å². The van der Waals surface area contributed by atoms with Crippen LogP contribution in [0.3, 0.4) is 0 Å². The number of carbonyl (C=O) groups is 1. The van der Waals surface area contributed by atoms with Crippen molar-refractivity contribution in [1.29, 1.82) is 0 Å². The van der Waals surface area contributed by atoms with E-state index in [-0.39, 0.29) is 22.7 Å². The molecule has 0 saturated carbocycles. The van der Waals surface area contributed by atoms with Crippen molar-refractivity contribution < 1.29 is 27.8 Å². The van der Waals surface area contributed by atoms with Gasteiger partial charge in [0, 0.05) is 23.1 Å². The molecule has 0 radical (unpaired) electrons. The molecule has 0 saturated heterocycles. The second-order valence-electron chi connectivity index (χ2n) is 6.77. The molecule has 1 aromatic heterocycles. The Hall–Kier alpha value is -3.03. The first-order chi connectivity index (χ1) is 13.8. The van der Waals surface area contributed by atoms with Crippen LogP contribution in [0, 0.1) is 0 Å². The van der Waals surface area contributed by atoms with E-state index < -0.39 is 23.6 Å². The number of pyridine rings is 1. The standard InChI is InChI=1S/C21H21F3N2O3/c1-3-4-11-29-19-18-15(9-10-25-19)26-12(2)16(20(27)28)17(18)13-7-5-6-8-14(13)21(22,23)24/h5-10,17,26H,3-4,11H2,1-2H3,(H,27,28). The van der Waals surface area contributed by atoms with Crippen LogP contribution in [0.15, 0.2) is 47.8 Å². The number of nitrogens with one attached hydrogen (secondary N) is 1. The Morgan fingerprint density at radius 2 is 2.00 bits per heavy atom. The lowest BCUT2D eigenvalue weighted by molar-refractivity contribution is -0.139. The van der Waals surface area contributed by atoms with Gasteiger partial charge in [0.05, 0.1) is 23.7 Å². The Balaban J connectivity index is 2.26. The molecular formula is C21H21F3N2O3. The number of halogens is 3. The first-order valence-electron chi connectivity index (χ1n) is 9.24. The summed E-state index contributed by atoms with van der Waals surface area (Å²) in [5.74, 6) is -2.34. The van der Waals surface area contributed by atoms with E-state index in [1.165, 1.54) is 31.3 Å². The molecule has 2 aromatic rings. The summed E-state index contributed by atoms with van der Waals surface area (Å²) < 4.78 is 46.9. The highest BCUT2D eigenvalue weighted by atomic mass is 19.4. The summed E-state index contributed by atoms with van der Waals surface area (Å²) in [4.78, 5) is 16.2. The maximum atomic E-state index is 13.7. The second kappa shape index (κ2) is 8.14. The molecule has 0 spiro atoms. The second-order valence-corrected chi connectivity index (χ2v) is 6.77. The monoisotopic (exact) mass is 406 g/mol. The number of aromatic nitrogens is 1. The van der Waals surface area contributed by atoms with Crippen LogP contribution in [0.5, 0.6) is 5.88 Å². The number of allylic oxidation sites excluding steroid dienone is 1. The third-order valence-electron chi connectivity index (χ3n) is 4.80. The van der Waals surface area contributed by atoms with E-state index in [1.807, 2.05) is 6.92 Å². The molecular weight excluding hydrogens is 385 g/mol. The van der Waals surface area contributed by atoms with E-state index in [9.17, 15) is 23.1 Å². The zero-order valence-electron chi connectivity index (χ0n) is 16.0. The van der Waals surface area contributed by atoms with Crippen LogP contribution >= 0.6 is 0 Å². The minimum Gasteiger partial charge on any atom is -0.478 e. The molecule has 2 N–H and O–H groups in total. The average molecular weight is 406 g/mol. The lowest BCUT2D eigenvalue weighted by Crippen LogP contribution is -2.26. The fourth-order valence-corrected chi connectivity index (χ4v) is 3.50. The fourth-order valence-electron chi connectivity index (χ4n) is 3.50. The molecule has 29 heavy (non-hydrogen) atoms. The maximum absolute atomic E-state index is 13.7. The Morgan fingerprint density at radius 1 is 1.28 bits per heavy atom. The lowest BCUT2D eigenvalue weighted by Gasteiger charge is -2.31. The lowest BCUT2D eigenvalue weighted by atomic mass is 9.79. The summed E-state index contributed by atoms with van der Waals surface area (Å²) in [6.07, 6.45) is -1.54. The van der Waals surface area contributed by atoms with E-state index in [0.717, 1.165) is 18.9 Å². The van der Waals surface area contributed by atoms with Crippen molar-refractivity contribution in [3.8, 4) is 5.88 Å². The van der Waals surface area contributed by atoms with Gasteiger partial charge in [-0.05, 0) is 31.0 Å². The molecule has 154 valence electrons. The largest absolute Gasteiger partial charge is 0.478 e. The molecule has 1 aliphatic heterocycles. The van der Waals surface area contributed by atoms with Crippen LogP contribution in [0.1, 0.15) is 49.3 Å². The minimum absolute atomic E-state index is 0.136. The summed E-state index contributed by atoms with van der Waals surface area (Å²) in [5, 5.41) is 12.8. The van der Waals surface area contributed by atoms with Crippen molar-refractivity contribution >= 4 is 11.7 Å². The number of carboxylic acids is 1. The van der Waals surface area contributed by atoms with Crippen molar-refractivity contribution in [3.63, 3.8) is 0 Å². The van der Waals surface area contributed by atoms with Gasteiger partial charge < -0.3 is 15.2 Å². The molecule has 1 atom stereocenters. The van der Waals surface area contributed by atoms with Gasteiger partial charge in [0.25, 0.3) is 0 Å². The summed E-state index contributed by atoms with van der Waals surface area (Å²) in [6.45, 7) is 3.85. The zero-order chi connectivity index (χ0) is 21.2. The molecule has 1 unspecified atom stereocenters. The number of hydrogen-bond donors (Lipinski definition) is 2. The van der Waals surface area contributed by atoms with E-state index in [2.05, 4.69) is 10.3 Å². The number of hydrogen-bond acceptors (Lipinski definition) is 4. The molecule has 0 aliphatic carbocycles. The third kappa shape index (κ3) is 4.06. The number of carboxylic acid groups (broad SMARTS) is 1. The van der Waals surface area contributed by atoms with Gasteiger partial charge in [-0.15, -0.1) is 0 Å². The topological polar surface area (TPSA) is 71.5 Å². The number of fused-ring (bicyclic) bond motifs is 1. The van der Waals surface area contributed by atoms with Crippen molar-refractivity contribution in [2.75, 3.05) is 11.9 Å². The van der Waals surface area contributed by atoms with Crippen LogP contribution in [0.4, 0.5) is 18.9 Å². The number of rotatable bonds is 6. The minimum atomic E-state index is -4.63. The number of nitrogens with zero attached hydrogens (tertiary/aromatic N) is 1. The molecule has 8 heteroatoms. The third-order valence-corrected chi connectivity index (χ3v) is 4.80. The molecule has 5 nitrogen and oxygen atoms in total. The highest BCUT2D eigenvalue weighted by Crippen LogP contribution is 2.48. The van der Waals surface area contributed by atoms with E-state index in [1.54, 1.807) is 6.07 Å². The van der Waals surface area contributed by atoms with Crippen molar-refractivity contribution in [2.45, 2.75) is 38.8 Å². The number of ether oxygens (including phenoxy) is 1. The molecule has 0 amide bonds. The normalized spacial score (nSPS) is 16.2. The fraction of sp³-hybridized carbons (Fsp3) is 0.333. The van der Waals surface area contributed by atoms with E-state index in [0.29, 0.717) is 17.9 Å². The predicted octanol–water partition coefficient (Wildman–Crippen LogP) is 5.20. The van der Waals surface area contributed by atoms with Gasteiger partial charge in [0.15, 0.2) is 0 Å². The molecule has 3 rings (SSSR count). The highest BCUT2D eigenvalue weighted by molar-refractivity contribution is 5.93. The van der Waals surface area contributed by atoms with Crippen molar-refractivity contribution in [1.82, 2.24) is 4.98 Å². The molecule has 1 aromatic carbocycles. The van der Waals surface area contributed by atoms with E-state index >= 15 is 0 Å². The summed E-state index contributed by atoms with van der Waals surface area (Å²) in [6, 6.07) is 6.62. The van der Waals surface area contributed by atoms with Crippen LogP contribution in [0.2, 0.25) is 0 Å². The molecule has 2 heterocycles.